The van der Waals surface area contributed by atoms with Crippen molar-refractivity contribution in [2.24, 2.45) is 0 Å². The molecule has 0 amide bonds. The topological polar surface area (TPSA) is 0 Å². The Kier molecular flexibility index (Phi) is 2.35. The lowest BCUT2D eigenvalue weighted by molar-refractivity contribution is 0.589. The van der Waals surface area contributed by atoms with Gasteiger partial charge in [0, 0.05) is 5.02 Å². The minimum atomic E-state index is 0.210. The van der Waals surface area contributed by atoms with Crippen molar-refractivity contribution in [2.45, 2.75) is 45.4 Å². The van der Waals surface area contributed by atoms with E-state index in [9.17, 15) is 0 Å². The van der Waals surface area contributed by atoms with Gasteiger partial charge < -0.3 is 0 Å². The summed E-state index contributed by atoms with van der Waals surface area (Å²) in [5, 5.41) is 0.977. The van der Waals surface area contributed by atoms with Crippen molar-refractivity contribution < 1.29 is 0 Å². The maximum atomic E-state index is 6.28. The monoisotopic (exact) mass is 208 g/mol. The highest BCUT2D eigenvalue weighted by atomic mass is 35.5. The van der Waals surface area contributed by atoms with E-state index < -0.39 is 0 Å². The van der Waals surface area contributed by atoms with E-state index in [0.29, 0.717) is 0 Å². The summed E-state index contributed by atoms with van der Waals surface area (Å²) in [5.74, 6) is 0. The van der Waals surface area contributed by atoms with E-state index in [0.717, 1.165) is 5.02 Å². The first-order valence-corrected chi connectivity index (χ1v) is 5.68. The Labute approximate surface area is 91.3 Å². The fourth-order valence-corrected chi connectivity index (χ4v) is 2.42. The van der Waals surface area contributed by atoms with Gasteiger partial charge >= 0.3 is 0 Å². The number of aryl methyl sites for hydroxylation is 1. The molecule has 0 radical (unpaired) electrons. The van der Waals surface area contributed by atoms with Crippen LogP contribution in [-0.4, -0.2) is 0 Å². The molecule has 2 rings (SSSR count). The van der Waals surface area contributed by atoms with Gasteiger partial charge in [-0.05, 0) is 47.4 Å². The van der Waals surface area contributed by atoms with Gasteiger partial charge in [0.15, 0.2) is 0 Å². The number of benzene rings is 1. The highest BCUT2D eigenvalue weighted by Crippen LogP contribution is 2.34. The van der Waals surface area contributed by atoms with Crippen LogP contribution in [0, 0.1) is 0 Å². The summed E-state index contributed by atoms with van der Waals surface area (Å²) in [6.45, 7) is 6.71. The number of hydrogen-bond acceptors (Lipinski definition) is 0. The van der Waals surface area contributed by atoms with Gasteiger partial charge in [-0.3, -0.25) is 0 Å². The molecule has 76 valence electrons. The molecule has 1 aliphatic carbocycles. The van der Waals surface area contributed by atoms with E-state index in [4.69, 9.17) is 11.6 Å². The Morgan fingerprint density at radius 1 is 1.14 bits per heavy atom. The molecule has 0 heterocycles. The molecule has 0 atom stereocenters. The SMILES string of the molecule is CC(C)(C)c1cc(Cl)c2c(c1)CCC2. The van der Waals surface area contributed by atoms with E-state index in [1.165, 1.54) is 36.0 Å². The van der Waals surface area contributed by atoms with Crippen LogP contribution >= 0.6 is 11.6 Å². The van der Waals surface area contributed by atoms with Crippen molar-refractivity contribution in [1.82, 2.24) is 0 Å². The summed E-state index contributed by atoms with van der Waals surface area (Å²) >= 11 is 6.28. The fourth-order valence-electron chi connectivity index (χ4n) is 2.09. The summed E-state index contributed by atoms with van der Waals surface area (Å²) in [4.78, 5) is 0. The Morgan fingerprint density at radius 2 is 1.86 bits per heavy atom. The Morgan fingerprint density at radius 3 is 2.50 bits per heavy atom. The third kappa shape index (κ3) is 1.68. The van der Waals surface area contributed by atoms with Gasteiger partial charge in [-0.15, -0.1) is 0 Å². The van der Waals surface area contributed by atoms with Crippen molar-refractivity contribution >= 4 is 11.6 Å². The maximum absolute atomic E-state index is 6.28. The summed E-state index contributed by atoms with van der Waals surface area (Å²) < 4.78 is 0. The molecule has 0 N–H and O–H groups in total. The molecule has 0 aromatic heterocycles. The highest BCUT2D eigenvalue weighted by molar-refractivity contribution is 6.31. The number of halogens is 1. The molecular formula is C13H17Cl. The first-order chi connectivity index (χ1) is 6.48. The minimum Gasteiger partial charge on any atom is -0.0840 e. The zero-order valence-corrected chi connectivity index (χ0v) is 9.91. The number of hydrogen-bond donors (Lipinski definition) is 0. The van der Waals surface area contributed by atoms with Crippen LogP contribution < -0.4 is 0 Å². The van der Waals surface area contributed by atoms with Crippen LogP contribution in [0.1, 0.15) is 43.9 Å². The zero-order chi connectivity index (χ0) is 10.3. The smallest absolute Gasteiger partial charge is 0.0443 e. The van der Waals surface area contributed by atoms with Crippen LogP contribution in [0.15, 0.2) is 12.1 Å². The number of rotatable bonds is 0. The average Bonchev–Trinajstić information content (AvgIpc) is 2.50. The predicted octanol–water partition coefficient (Wildman–Crippen LogP) is 4.13. The summed E-state index contributed by atoms with van der Waals surface area (Å²) in [6, 6.07) is 4.49. The van der Waals surface area contributed by atoms with Crippen LogP contribution in [0.2, 0.25) is 5.02 Å². The third-order valence-corrected chi connectivity index (χ3v) is 3.36. The lowest BCUT2D eigenvalue weighted by atomic mass is 9.85. The number of fused-ring (bicyclic) bond motifs is 1. The van der Waals surface area contributed by atoms with Crippen LogP contribution in [0.4, 0.5) is 0 Å². The Hall–Kier alpha value is -0.490. The summed E-state index contributed by atoms with van der Waals surface area (Å²) in [6.07, 6.45) is 3.64. The fraction of sp³-hybridized carbons (Fsp3) is 0.538. The van der Waals surface area contributed by atoms with Gasteiger partial charge in [0.05, 0.1) is 0 Å². The van der Waals surface area contributed by atoms with E-state index in [1.54, 1.807) is 0 Å². The lowest BCUT2D eigenvalue weighted by Gasteiger charge is -2.20. The molecule has 0 aliphatic heterocycles. The van der Waals surface area contributed by atoms with Crippen molar-refractivity contribution in [3.63, 3.8) is 0 Å². The average molecular weight is 209 g/mol. The first kappa shape index (κ1) is 10.0. The molecule has 0 saturated heterocycles. The normalized spacial score (nSPS) is 15.7. The molecule has 0 saturated carbocycles. The summed E-state index contributed by atoms with van der Waals surface area (Å²) in [7, 11) is 0. The largest absolute Gasteiger partial charge is 0.0840 e. The van der Waals surface area contributed by atoms with E-state index in [1.807, 2.05) is 0 Å². The lowest BCUT2D eigenvalue weighted by Crippen LogP contribution is -2.11. The molecular weight excluding hydrogens is 192 g/mol. The second kappa shape index (κ2) is 3.27. The van der Waals surface area contributed by atoms with E-state index in [-0.39, 0.29) is 5.41 Å². The Bertz CT molecular complexity index is 358. The van der Waals surface area contributed by atoms with Crippen molar-refractivity contribution in [3.8, 4) is 0 Å². The molecule has 1 heteroatoms. The van der Waals surface area contributed by atoms with Crippen molar-refractivity contribution in [3.05, 3.63) is 33.8 Å². The van der Waals surface area contributed by atoms with Gasteiger partial charge in [-0.25, -0.2) is 0 Å². The molecule has 1 aromatic carbocycles. The molecule has 0 unspecified atom stereocenters. The van der Waals surface area contributed by atoms with Gasteiger partial charge in [0.25, 0.3) is 0 Å². The van der Waals surface area contributed by atoms with Crippen LogP contribution in [0.5, 0.6) is 0 Å². The standard InChI is InChI=1S/C13H17Cl/c1-13(2,3)10-7-9-5-4-6-11(9)12(14)8-10/h7-8H,4-6H2,1-3H3. The summed E-state index contributed by atoms with van der Waals surface area (Å²) in [5.41, 5.74) is 4.44. The molecule has 1 aliphatic rings. The molecule has 0 spiro atoms. The Balaban J connectivity index is 2.52. The second-order valence-electron chi connectivity index (χ2n) is 5.20. The second-order valence-corrected chi connectivity index (χ2v) is 5.61. The van der Waals surface area contributed by atoms with Crippen molar-refractivity contribution in [2.75, 3.05) is 0 Å². The van der Waals surface area contributed by atoms with Crippen LogP contribution in [-0.2, 0) is 18.3 Å². The molecule has 0 bridgehead atoms. The molecule has 1 aromatic rings. The zero-order valence-electron chi connectivity index (χ0n) is 9.15. The van der Waals surface area contributed by atoms with Gasteiger partial charge in [-0.1, -0.05) is 38.4 Å². The van der Waals surface area contributed by atoms with Crippen LogP contribution in [0.3, 0.4) is 0 Å². The molecule has 0 nitrogen and oxygen atoms in total. The highest BCUT2D eigenvalue weighted by Gasteiger charge is 2.20. The van der Waals surface area contributed by atoms with E-state index >= 15 is 0 Å². The third-order valence-electron chi connectivity index (χ3n) is 3.03. The first-order valence-electron chi connectivity index (χ1n) is 5.30. The molecule has 14 heavy (non-hydrogen) atoms. The van der Waals surface area contributed by atoms with Crippen molar-refractivity contribution in [1.29, 1.82) is 0 Å². The van der Waals surface area contributed by atoms with Crippen LogP contribution in [0.25, 0.3) is 0 Å². The van der Waals surface area contributed by atoms with Gasteiger partial charge in [0.1, 0.15) is 0 Å². The van der Waals surface area contributed by atoms with E-state index in [2.05, 4.69) is 32.9 Å². The quantitative estimate of drug-likeness (QED) is 0.602. The molecule has 0 fully saturated rings. The predicted molar refractivity (Wildman–Crippen MR) is 62.2 cm³/mol. The maximum Gasteiger partial charge on any atom is 0.0443 e. The minimum absolute atomic E-state index is 0.210. The van der Waals surface area contributed by atoms with Gasteiger partial charge in [0.2, 0.25) is 0 Å². The van der Waals surface area contributed by atoms with Gasteiger partial charge in [-0.2, -0.15) is 0 Å².